The Labute approximate surface area is 152 Å². The second kappa shape index (κ2) is 7.46. The summed E-state index contributed by atoms with van der Waals surface area (Å²) in [6, 6.07) is 20.6. The highest BCUT2D eigenvalue weighted by molar-refractivity contribution is 5.42. The highest BCUT2D eigenvalue weighted by Gasteiger charge is 2.24. The summed E-state index contributed by atoms with van der Waals surface area (Å²) in [6.07, 6.45) is 2.02. The van der Waals surface area contributed by atoms with Gasteiger partial charge >= 0.3 is 0 Å². The van der Waals surface area contributed by atoms with Gasteiger partial charge in [-0.1, -0.05) is 30.3 Å². The summed E-state index contributed by atoms with van der Waals surface area (Å²) in [5.41, 5.74) is 3.31. The molecule has 0 aliphatic rings. The molecule has 0 spiro atoms. The molecule has 1 heterocycles. The number of hydrogen-bond donors (Lipinski definition) is 2. The van der Waals surface area contributed by atoms with Gasteiger partial charge in [0.25, 0.3) is 0 Å². The number of benzene rings is 2. The van der Waals surface area contributed by atoms with Crippen LogP contribution >= 0.6 is 0 Å². The summed E-state index contributed by atoms with van der Waals surface area (Å²) >= 11 is 0. The molecule has 0 amide bonds. The van der Waals surface area contributed by atoms with E-state index in [9.17, 15) is 10.2 Å². The number of phenolic OH excluding ortho intramolecular Hbond substituents is 2. The monoisotopic (exact) mass is 419 g/mol. The highest BCUT2D eigenvalue weighted by atomic mass is 127. The van der Waals surface area contributed by atoms with Crippen LogP contribution in [0.5, 0.6) is 11.5 Å². The molecule has 23 heavy (non-hydrogen) atoms. The number of hydrogen-bond acceptors (Lipinski definition) is 2. The summed E-state index contributed by atoms with van der Waals surface area (Å²) in [5.74, 6) is 0.545. The van der Waals surface area contributed by atoms with Gasteiger partial charge in [0.1, 0.15) is 18.5 Å². The van der Waals surface area contributed by atoms with Gasteiger partial charge in [0, 0.05) is 12.1 Å². The van der Waals surface area contributed by atoms with Gasteiger partial charge in [0.05, 0.1) is 5.92 Å². The molecule has 118 valence electrons. The van der Waals surface area contributed by atoms with E-state index >= 15 is 0 Å². The lowest BCUT2D eigenvalue weighted by Gasteiger charge is -2.16. The van der Waals surface area contributed by atoms with Crippen LogP contribution in [0.2, 0.25) is 0 Å². The van der Waals surface area contributed by atoms with Crippen molar-refractivity contribution in [1.29, 1.82) is 0 Å². The van der Waals surface area contributed by atoms with Gasteiger partial charge < -0.3 is 34.2 Å². The van der Waals surface area contributed by atoms with Gasteiger partial charge in [-0.05, 0) is 35.4 Å². The quantitative estimate of drug-likeness (QED) is 0.468. The van der Waals surface area contributed by atoms with E-state index in [-0.39, 0.29) is 41.4 Å². The molecular formula is C19H18INO2. The van der Waals surface area contributed by atoms with Crippen LogP contribution in [0.3, 0.4) is 0 Å². The number of rotatable bonds is 3. The SMILES string of the molecule is C[n+]1ccccc1C(c1ccc(O)cc1)c1ccc(O)cc1.[I-]. The normalized spacial score (nSPS) is 10.3. The van der Waals surface area contributed by atoms with E-state index in [4.69, 9.17) is 0 Å². The lowest BCUT2D eigenvalue weighted by atomic mass is 9.88. The number of aromatic hydroxyl groups is 2. The van der Waals surface area contributed by atoms with Crippen molar-refractivity contribution in [2.24, 2.45) is 7.05 Å². The molecule has 3 nitrogen and oxygen atoms in total. The van der Waals surface area contributed by atoms with Crippen LogP contribution in [-0.4, -0.2) is 10.2 Å². The molecule has 0 saturated carbocycles. The van der Waals surface area contributed by atoms with Crippen LogP contribution in [0.15, 0.2) is 72.9 Å². The third-order valence-corrected chi connectivity index (χ3v) is 3.84. The molecule has 0 saturated heterocycles. The molecule has 2 aromatic carbocycles. The molecule has 0 bridgehead atoms. The first kappa shape index (κ1) is 17.3. The van der Waals surface area contributed by atoms with Crippen LogP contribution in [0.25, 0.3) is 0 Å². The van der Waals surface area contributed by atoms with Gasteiger partial charge in [-0.25, -0.2) is 4.57 Å². The summed E-state index contributed by atoms with van der Waals surface area (Å²) in [5, 5.41) is 19.1. The van der Waals surface area contributed by atoms with Gasteiger partial charge in [0.15, 0.2) is 11.9 Å². The Kier molecular flexibility index (Phi) is 5.60. The van der Waals surface area contributed by atoms with E-state index in [1.807, 2.05) is 49.6 Å². The minimum absolute atomic E-state index is 0. The van der Waals surface area contributed by atoms with Crippen LogP contribution in [0, 0.1) is 0 Å². The van der Waals surface area contributed by atoms with E-state index < -0.39 is 0 Å². The molecule has 0 aliphatic carbocycles. The number of nitrogens with zero attached hydrogens (tertiary/aromatic N) is 1. The van der Waals surface area contributed by atoms with Crippen molar-refractivity contribution in [3.05, 3.63) is 89.7 Å². The Balaban J connectivity index is 0.00000192. The van der Waals surface area contributed by atoms with Gasteiger partial charge in [-0.2, -0.15) is 0 Å². The van der Waals surface area contributed by atoms with E-state index in [2.05, 4.69) is 10.6 Å². The Bertz CT molecular complexity index is 725. The first-order valence-corrected chi connectivity index (χ1v) is 7.17. The van der Waals surface area contributed by atoms with E-state index in [1.165, 1.54) is 0 Å². The second-order valence-electron chi connectivity index (χ2n) is 5.35. The van der Waals surface area contributed by atoms with Crippen LogP contribution in [0.4, 0.5) is 0 Å². The Morgan fingerprint density at radius 3 is 1.65 bits per heavy atom. The fourth-order valence-electron chi connectivity index (χ4n) is 2.70. The lowest BCUT2D eigenvalue weighted by Crippen LogP contribution is -3.00. The maximum absolute atomic E-state index is 9.53. The largest absolute Gasteiger partial charge is 1.00 e. The van der Waals surface area contributed by atoms with Crippen molar-refractivity contribution in [3.63, 3.8) is 0 Å². The van der Waals surface area contributed by atoms with Crippen LogP contribution in [0.1, 0.15) is 22.7 Å². The minimum Gasteiger partial charge on any atom is -1.00 e. The van der Waals surface area contributed by atoms with Gasteiger partial charge in [-0.15, -0.1) is 0 Å². The van der Waals surface area contributed by atoms with Crippen LogP contribution < -0.4 is 28.5 Å². The van der Waals surface area contributed by atoms with E-state index in [0.29, 0.717) is 0 Å². The topological polar surface area (TPSA) is 44.3 Å². The van der Waals surface area contributed by atoms with Crippen molar-refractivity contribution in [2.75, 3.05) is 0 Å². The number of aromatic nitrogens is 1. The molecule has 0 atom stereocenters. The maximum Gasteiger partial charge on any atom is 0.193 e. The second-order valence-corrected chi connectivity index (χ2v) is 5.35. The fraction of sp³-hybridized carbons (Fsp3) is 0.105. The molecule has 2 N–H and O–H groups in total. The number of halogens is 1. The van der Waals surface area contributed by atoms with Gasteiger partial charge in [-0.3, -0.25) is 0 Å². The zero-order chi connectivity index (χ0) is 15.5. The lowest BCUT2D eigenvalue weighted by molar-refractivity contribution is -0.679. The minimum atomic E-state index is 0. The standard InChI is InChI=1S/C19H17NO2.HI/c1-20-13-3-2-4-18(20)19(14-5-9-16(21)10-6-14)15-7-11-17(22)12-8-15;/h2-13,19H,1H3,(H-,21,22);1H. The number of phenols is 2. The zero-order valence-corrected chi connectivity index (χ0v) is 14.9. The van der Waals surface area contributed by atoms with Crippen molar-refractivity contribution in [3.8, 4) is 11.5 Å². The average Bonchev–Trinajstić information content (AvgIpc) is 2.53. The molecule has 1 aromatic heterocycles. The molecule has 4 heteroatoms. The maximum atomic E-state index is 9.53. The molecule has 0 fully saturated rings. The summed E-state index contributed by atoms with van der Waals surface area (Å²) in [6.45, 7) is 0. The molecule has 3 aromatic rings. The van der Waals surface area contributed by atoms with Crippen molar-refractivity contribution in [2.45, 2.75) is 5.92 Å². The highest BCUT2D eigenvalue weighted by Crippen LogP contribution is 2.31. The first-order valence-electron chi connectivity index (χ1n) is 7.17. The summed E-state index contributed by atoms with van der Waals surface area (Å²) in [4.78, 5) is 0. The molecule has 0 unspecified atom stereocenters. The number of pyridine rings is 1. The summed E-state index contributed by atoms with van der Waals surface area (Å²) < 4.78 is 2.09. The third-order valence-electron chi connectivity index (χ3n) is 3.84. The molecule has 3 rings (SSSR count). The Hall–Kier alpha value is -2.08. The fourth-order valence-corrected chi connectivity index (χ4v) is 2.70. The third kappa shape index (κ3) is 3.82. The Morgan fingerprint density at radius 1 is 0.739 bits per heavy atom. The van der Waals surface area contributed by atoms with Gasteiger partial charge in [0.2, 0.25) is 0 Å². The smallest absolute Gasteiger partial charge is 0.193 e. The van der Waals surface area contributed by atoms with Crippen LogP contribution in [-0.2, 0) is 7.05 Å². The predicted octanol–water partition coefficient (Wildman–Crippen LogP) is 0.106. The molecular weight excluding hydrogens is 401 g/mol. The van der Waals surface area contributed by atoms with Crippen molar-refractivity contribution >= 4 is 0 Å². The van der Waals surface area contributed by atoms with Crippen molar-refractivity contribution in [1.82, 2.24) is 0 Å². The van der Waals surface area contributed by atoms with E-state index in [1.54, 1.807) is 24.3 Å². The summed E-state index contributed by atoms with van der Waals surface area (Å²) in [7, 11) is 2.02. The van der Waals surface area contributed by atoms with E-state index in [0.717, 1.165) is 16.8 Å². The zero-order valence-electron chi connectivity index (χ0n) is 12.7. The Morgan fingerprint density at radius 2 is 1.22 bits per heavy atom. The average molecular weight is 419 g/mol. The predicted molar refractivity (Wildman–Crippen MR) is 84.8 cm³/mol. The van der Waals surface area contributed by atoms with Crippen molar-refractivity contribution < 1.29 is 38.8 Å². The molecule has 0 radical (unpaired) electrons. The molecule has 0 aliphatic heterocycles. The number of aryl methyl sites for hydroxylation is 1. The first-order chi connectivity index (χ1) is 10.6.